The van der Waals surface area contributed by atoms with E-state index >= 15 is 0 Å². The van der Waals surface area contributed by atoms with Gasteiger partial charge in [0.15, 0.2) is 11.2 Å². The SMILES string of the molecule is Cc1cc(C(=O)N[C@H]2CCCCC/C=C\C3C=C[C@@]3(C(=O)O)NC(=O)[C@@H]3C[C@@H](Oc4nc5cc(F)ccc5nc4C(F)(F)F)CN3C2=O)no1. The number of carbonyl (C=O) groups is 4. The summed E-state index contributed by atoms with van der Waals surface area (Å²) >= 11 is 0. The van der Waals surface area contributed by atoms with Gasteiger partial charge < -0.3 is 29.9 Å². The maximum absolute atomic E-state index is 14.2. The van der Waals surface area contributed by atoms with Crippen molar-refractivity contribution in [2.24, 2.45) is 5.92 Å². The number of carbonyl (C=O) groups excluding carboxylic acids is 3. The Morgan fingerprint density at radius 3 is 2.60 bits per heavy atom. The van der Waals surface area contributed by atoms with E-state index in [0.29, 0.717) is 31.4 Å². The second kappa shape index (κ2) is 13.5. The van der Waals surface area contributed by atoms with Crippen molar-refractivity contribution in [2.75, 3.05) is 6.54 Å². The van der Waals surface area contributed by atoms with E-state index in [2.05, 4.69) is 25.8 Å². The van der Waals surface area contributed by atoms with E-state index in [1.807, 2.05) is 6.08 Å². The van der Waals surface area contributed by atoms with Crippen LogP contribution in [-0.4, -0.2) is 79.1 Å². The number of rotatable bonds is 5. The summed E-state index contributed by atoms with van der Waals surface area (Å²) in [4.78, 5) is 62.3. The van der Waals surface area contributed by atoms with Crippen molar-refractivity contribution in [3.63, 3.8) is 0 Å². The highest BCUT2D eigenvalue weighted by Crippen LogP contribution is 2.37. The molecule has 6 rings (SSSR count). The Kier molecular flexibility index (Phi) is 9.33. The highest BCUT2D eigenvalue weighted by atomic mass is 19.4. The molecule has 1 aliphatic carbocycles. The van der Waals surface area contributed by atoms with Crippen LogP contribution in [0.15, 0.2) is 53.1 Å². The molecule has 0 bridgehead atoms. The van der Waals surface area contributed by atoms with Gasteiger partial charge in [0.05, 0.1) is 17.6 Å². The van der Waals surface area contributed by atoms with Gasteiger partial charge in [0.2, 0.25) is 23.4 Å². The van der Waals surface area contributed by atoms with Gasteiger partial charge in [-0.25, -0.2) is 19.2 Å². The second-order valence-corrected chi connectivity index (χ2v) is 12.5. The molecule has 1 saturated heterocycles. The molecule has 17 heteroatoms. The number of fused-ring (bicyclic) bond motifs is 3. The minimum atomic E-state index is -5.04. The molecule has 3 N–H and O–H groups in total. The van der Waals surface area contributed by atoms with Gasteiger partial charge in [-0.2, -0.15) is 13.2 Å². The van der Waals surface area contributed by atoms with Crippen LogP contribution in [0.4, 0.5) is 17.6 Å². The Bertz CT molecular complexity index is 1900. The average Bonchev–Trinajstić information content (AvgIpc) is 3.68. The fourth-order valence-corrected chi connectivity index (χ4v) is 6.30. The Morgan fingerprint density at radius 2 is 1.92 bits per heavy atom. The summed E-state index contributed by atoms with van der Waals surface area (Å²) in [5.74, 6) is -5.83. The van der Waals surface area contributed by atoms with Gasteiger partial charge in [-0.15, -0.1) is 0 Å². The zero-order chi connectivity index (χ0) is 35.8. The largest absolute Gasteiger partial charge is 0.479 e. The summed E-state index contributed by atoms with van der Waals surface area (Å²) in [7, 11) is 0. The topological polar surface area (TPSA) is 177 Å². The molecule has 13 nitrogen and oxygen atoms in total. The molecule has 1 unspecified atom stereocenters. The van der Waals surface area contributed by atoms with Crippen molar-refractivity contribution in [1.82, 2.24) is 30.7 Å². The normalized spacial score (nSPS) is 26.5. The molecule has 1 fully saturated rings. The summed E-state index contributed by atoms with van der Waals surface area (Å²) in [6, 6.07) is 1.60. The zero-order valence-electron chi connectivity index (χ0n) is 26.6. The van der Waals surface area contributed by atoms with Crippen LogP contribution in [0.2, 0.25) is 0 Å². The van der Waals surface area contributed by atoms with E-state index in [-0.39, 0.29) is 29.6 Å². The molecule has 50 heavy (non-hydrogen) atoms. The molecule has 3 aliphatic rings. The molecule has 4 heterocycles. The Morgan fingerprint density at radius 1 is 1.12 bits per heavy atom. The van der Waals surface area contributed by atoms with E-state index in [1.165, 1.54) is 12.1 Å². The molecule has 0 saturated carbocycles. The molecule has 5 atom stereocenters. The smallest absolute Gasteiger partial charge is 0.438 e. The number of aromatic nitrogens is 3. The Hall–Kier alpha value is -5.35. The number of allylic oxidation sites excluding steroid dienone is 1. The number of aryl methyl sites for hydroxylation is 1. The van der Waals surface area contributed by atoms with Gasteiger partial charge in [-0.05, 0) is 38.3 Å². The monoisotopic (exact) mass is 700 g/mol. The number of aliphatic carboxylic acids is 1. The predicted octanol–water partition coefficient (Wildman–Crippen LogP) is 3.88. The number of benzene rings is 1. The van der Waals surface area contributed by atoms with Crippen LogP contribution in [0.1, 0.15) is 60.5 Å². The summed E-state index contributed by atoms with van der Waals surface area (Å²) in [6.45, 7) is 1.14. The first-order chi connectivity index (χ1) is 23.7. The van der Waals surface area contributed by atoms with Gasteiger partial charge >= 0.3 is 12.1 Å². The third-order valence-corrected chi connectivity index (χ3v) is 8.94. The van der Waals surface area contributed by atoms with E-state index in [9.17, 15) is 41.8 Å². The van der Waals surface area contributed by atoms with Crippen molar-refractivity contribution in [3.05, 3.63) is 71.5 Å². The van der Waals surface area contributed by atoms with E-state index < -0.39 is 83.4 Å². The van der Waals surface area contributed by atoms with Gasteiger partial charge in [-0.3, -0.25) is 14.4 Å². The first-order valence-corrected chi connectivity index (χ1v) is 15.9. The standard InChI is InChI=1S/C33H32F4N6O7/c1-17-13-24(42-50-17)27(44)39-22-8-6-4-2-3-5-7-18-11-12-32(18,31(47)48)41-28(45)25-15-20(16-43(25)30(22)46)49-29-26(33(35,36)37)38-21-10-9-19(34)14-23(21)40-29/h5,7,9-14,18,20,22,25H,2-4,6,8,15-16H2,1H3,(H,39,44)(H,41,45)(H,47,48)/b7-5-/t18?,20-,22+,25+,32-/m1/s1. The van der Waals surface area contributed by atoms with E-state index in [0.717, 1.165) is 23.1 Å². The van der Waals surface area contributed by atoms with Crippen LogP contribution in [-0.2, 0) is 20.6 Å². The third kappa shape index (κ3) is 6.89. The third-order valence-electron chi connectivity index (χ3n) is 8.94. The lowest BCUT2D eigenvalue weighted by atomic mass is 9.73. The van der Waals surface area contributed by atoms with Crippen molar-refractivity contribution in [2.45, 2.75) is 75.4 Å². The van der Waals surface area contributed by atoms with Crippen LogP contribution in [0, 0.1) is 18.7 Å². The summed E-state index contributed by atoms with van der Waals surface area (Å²) in [5, 5.41) is 19.0. The van der Waals surface area contributed by atoms with Gasteiger partial charge in [0, 0.05) is 24.5 Å². The molecule has 1 aromatic carbocycles. The fraction of sp³-hybridized carbons (Fsp3) is 0.424. The summed E-state index contributed by atoms with van der Waals surface area (Å²) < 4.78 is 67.0. The number of hydrogen-bond donors (Lipinski definition) is 3. The van der Waals surface area contributed by atoms with Crippen LogP contribution < -0.4 is 15.4 Å². The van der Waals surface area contributed by atoms with Gasteiger partial charge in [0.25, 0.3) is 5.91 Å². The van der Waals surface area contributed by atoms with Crippen LogP contribution in [0.5, 0.6) is 5.88 Å². The van der Waals surface area contributed by atoms with Crippen LogP contribution in [0.3, 0.4) is 0 Å². The minimum absolute atomic E-state index is 0.0922. The number of carboxylic acids is 1. The van der Waals surface area contributed by atoms with Crippen molar-refractivity contribution in [3.8, 4) is 5.88 Å². The first kappa shape index (κ1) is 34.5. The van der Waals surface area contributed by atoms with Crippen LogP contribution >= 0.6 is 0 Å². The number of alkyl halides is 3. The average molecular weight is 701 g/mol. The number of nitrogens with zero attached hydrogens (tertiary/aromatic N) is 4. The van der Waals surface area contributed by atoms with Crippen molar-refractivity contribution >= 4 is 34.7 Å². The molecular formula is C33H32F4N6O7. The zero-order valence-corrected chi connectivity index (χ0v) is 26.6. The predicted molar refractivity (Wildman–Crippen MR) is 165 cm³/mol. The minimum Gasteiger partial charge on any atom is -0.479 e. The molecule has 0 spiro atoms. The summed E-state index contributed by atoms with van der Waals surface area (Å²) in [6.07, 6.45) is 2.30. The Labute approximate surface area is 281 Å². The highest BCUT2D eigenvalue weighted by molar-refractivity contribution is 5.98. The number of nitrogens with one attached hydrogen (secondary N) is 2. The molecule has 2 aliphatic heterocycles. The highest BCUT2D eigenvalue weighted by Gasteiger charge is 2.52. The van der Waals surface area contributed by atoms with E-state index in [4.69, 9.17) is 9.26 Å². The summed E-state index contributed by atoms with van der Waals surface area (Å²) in [5.41, 5.74) is -3.89. The lowest BCUT2D eigenvalue weighted by molar-refractivity contribution is -0.149. The maximum Gasteiger partial charge on any atom is 0.438 e. The molecule has 0 radical (unpaired) electrons. The first-order valence-electron chi connectivity index (χ1n) is 15.9. The molecular weight excluding hydrogens is 668 g/mol. The lowest BCUT2D eigenvalue weighted by Gasteiger charge is -2.40. The quantitative estimate of drug-likeness (QED) is 0.262. The molecule has 3 amide bonds. The van der Waals surface area contributed by atoms with Crippen molar-refractivity contribution in [1.29, 1.82) is 0 Å². The van der Waals surface area contributed by atoms with Gasteiger partial charge in [0.1, 0.15) is 29.8 Å². The lowest BCUT2D eigenvalue weighted by Crippen LogP contribution is -2.64. The van der Waals surface area contributed by atoms with Crippen molar-refractivity contribution < 1.29 is 51.1 Å². The number of hydrogen-bond acceptors (Lipinski definition) is 9. The van der Waals surface area contributed by atoms with E-state index in [1.54, 1.807) is 19.1 Å². The molecule has 264 valence electrons. The second-order valence-electron chi connectivity index (χ2n) is 12.5. The number of ether oxygens (including phenoxy) is 1. The van der Waals surface area contributed by atoms with Gasteiger partial charge in [-0.1, -0.05) is 42.3 Å². The van der Waals surface area contributed by atoms with Crippen LogP contribution in [0.25, 0.3) is 11.0 Å². The molecule has 3 aromatic rings. The fourth-order valence-electron chi connectivity index (χ4n) is 6.30. The number of halogens is 4. The Balaban J connectivity index is 1.35. The maximum atomic E-state index is 14.2. The molecule has 2 aromatic heterocycles. The number of amides is 3. The number of carboxylic acid groups (broad SMARTS) is 1.